The number of urea groups is 1. The molecule has 0 bridgehead atoms. The summed E-state index contributed by atoms with van der Waals surface area (Å²) in [6.45, 7) is 8.79. The molecule has 1 aromatic heterocycles. The Labute approximate surface area is 176 Å². The van der Waals surface area contributed by atoms with Crippen molar-refractivity contribution in [3.63, 3.8) is 0 Å². The number of hydrogen-bond donors (Lipinski definition) is 2. The molecule has 30 heavy (non-hydrogen) atoms. The normalized spacial score (nSPS) is 12.0. The van der Waals surface area contributed by atoms with Gasteiger partial charge < -0.3 is 14.5 Å². The molecule has 2 aromatic rings. The molecule has 0 spiro atoms. The van der Waals surface area contributed by atoms with Crippen molar-refractivity contribution in [1.82, 2.24) is 10.0 Å². The highest BCUT2D eigenvalue weighted by atomic mass is 32.2. The third-order valence-electron chi connectivity index (χ3n) is 3.64. The number of sulfonamides is 1. The van der Waals surface area contributed by atoms with Gasteiger partial charge in [-0.3, -0.25) is 4.90 Å². The second-order valence-electron chi connectivity index (χ2n) is 8.02. The number of carbonyl (C=O) groups is 2. The average molecular weight is 438 g/mol. The summed E-state index contributed by atoms with van der Waals surface area (Å²) < 4.78 is 37.4. The van der Waals surface area contributed by atoms with Gasteiger partial charge in [-0.1, -0.05) is 0 Å². The molecule has 0 fully saturated rings. The van der Waals surface area contributed by atoms with Crippen LogP contribution in [0.3, 0.4) is 0 Å². The number of rotatable bonds is 6. The molecule has 2 N–H and O–H groups in total. The van der Waals surface area contributed by atoms with Gasteiger partial charge >= 0.3 is 12.0 Å². The molecule has 0 aliphatic carbocycles. The van der Waals surface area contributed by atoms with Gasteiger partial charge in [-0.25, -0.2) is 22.7 Å². The van der Waals surface area contributed by atoms with E-state index in [4.69, 9.17) is 9.15 Å². The Morgan fingerprint density at radius 2 is 1.67 bits per heavy atom. The summed E-state index contributed by atoms with van der Waals surface area (Å²) in [6.07, 6.45) is 0. The molecular weight excluding hydrogens is 410 g/mol. The van der Waals surface area contributed by atoms with Gasteiger partial charge in [0.15, 0.2) is 0 Å². The number of esters is 1. The molecule has 0 aliphatic heterocycles. The Hall–Kier alpha value is -2.85. The van der Waals surface area contributed by atoms with Crippen LogP contribution in [0.2, 0.25) is 0 Å². The van der Waals surface area contributed by atoms with Gasteiger partial charge in [0.05, 0.1) is 0 Å². The lowest BCUT2D eigenvalue weighted by molar-refractivity contribution is 0.0695. The lowest BCUT2D eigenvalue weighted by Crippen LogP contribution is -2.40. The van der Waals surface area contributed by atoms with E-state index in [-0.39, 0.29) is 28.7 Å². The summed E-state index contributed by atoms with van der Waals surface area (Å²) in [5.41, 5.74) is -0.0969. The maximum Gasteiger partial charge on any atom is 0.379 e. The van der Waals surface area contributed by atoms with Crippen molar-refractivity contribution in [2.24, 2.45) is 0 Å². The number of carbonyl (C=O) groups excluding carboxylic acids is 2. The number of furan rings is 1. The second kappa shape index (κ2) is 8.88. The number of amides is 2. The molecule has 0 saturated heterocycles. The molecule has 10 heteroatoms. The fraction of sp³-hybridized carbons (Fsp3) is 0.400. The molecule has 0 unspecified atom stereocenters. The minimum atomic E-state index is -3.90. The first-order valence-electron chi connectivity index (χ1n) is 9.29. The van der Waals surface area contributed by atoms with E-state index in [9.17, 15) is 18.0 Å². The van der Waals surface area contributed by atoms with E-state index in [1.807, 2.05) is 13.8 Å². The van der Waals surface area contributed by atoms with Crippen LogP contribution < -0.4 is 19.7 Å². The molecule has 1 heterocycles. The van der Waals surface area contributed by atoms with E-state index in [1.54, 1.807) is 40.0 Å². The highest BCUT2D eigenvalue weighted by molar-refractivity contribution is 7.89. The molecule has 9 nitrogen and oxygen atoms in total. The highest BCUT2D eigenvalue weighted by Crippen LogP contribution is 2.21. The topological polar surface area (TPSA) is 118 Å². The summed E-state index contributed by atoms with van der Waals surface area (Å²) in [7, 11) is -2.28. The Balaban J connectivity index is 2.07. The Morgan fingerprint density at radius 1 is 1.07 bits per heavy atom. The molecule has 2 rings (SSSR count). The number of hydrogen-bond acceptors (Lipinski definition) is 6. The maximum absolute atomic E-state index is 12.3. The van der Waals surface area contributed by atoms with Crippen molar-refractivity contribution >= 4 is 27.7 Å². The van der Waals surface area contributed by atoms with E-state index in [1.165, 1.54) is 29.2 Å². The van der Waals surface area contributed by atoms with E-state index >= 15 is 0 Å². The number of nitrogens with zero attached hydrogens (tertiary/aromatic N) is 1. The minimum Gasteiger partial charge on any atom is -0.436 e. The largest absolute Gasteiger partial charge is 0.436 e. The van der Waals surface area contributed by atoms with Crippen LogP contribution in [0.1, 0.15) is 45.2 Å². The number of anilines is 1. The molecule has 0 aliphatic rings. The summed E-state index contributed by atoms with van der Waals surface area (Å²) >= 11 is 0. The Morgan fingerprint density at radius 3 is 2.20 bits per heavy atom. The van der Waals surface area contributed by atoms with E-state index in [0.717, 1.165) is 0 Å². The van der Waals surface area contributed by atoms with Crippen molar-refractivity contribution in [3.05, 3.63) is 42.2 Å². The van der Waals surface area contributed by atoms with E-state index < -0.39 is 21.5 Å². The summed E-state index contributed by atoms with van der Waals surface area (Å²) in [5.74, 6) is -0.873. The van der Waals surface area contributed by atoms with Gasteiger partial charge in [0.1, 0.15) is 5.75 Å². The van der Waals surface area contributed by atoms with Gasteiger partial charge in [0.2, 0.25) is 10.9 Å². The first-order chi connectivity index (χ1) is 13.8. The van der Waals surface area contributed by atoms with Crippen molar-refractivity contribution in [2.45, 2.75) is 51.3 Å². The number of ether oxygens (including phenoxy) is 1. The van der Waals surface area contributed by atoms with Crippen molar-refractivity contribution < 1.29 is 27.2 Å². The smallest absolute Gasteiger partial charge is 0.379 e. The van der Waals surface area contributed by atoms with E-state index in [2.05, 4.69) is 10.0 Å². The van der Waals surface area contributed by atoms with Crippen LogP contribution in [0, 0.1) is 0 Å². The van der Waals surface area contributed by atoms with Crippen LogP contribution in [0.4, 0.5) is 10.5 Å². The van der Waals surface area contributed by atoms with E-state index in [0.29, 0.717) is 5.69 Å². The third kappa shape index (κ3) is 6.33. The molecular formula is C20H27N3O6S. The predicted molar refractivity (Wildman–Crippen MR) is 112 cm³/mol. The van der Waals surface area contributed by atoms with Crippen LogP contribution in [0.25, 0.3) is 0 Å². The van der Waals surface area contributed by atoms with Gasteiger partial charge in [-0.05, 0) is 71.0 Å². The second-order valence-corrected chi connectivity index (χ2v) is 9.63. The molecule has 1 aromatic carbocycles. The predicted octanol–water partition coefficient (Wildman–Crippen LogP) is 3.13. The molecule has 2 amide bonds. The zero-order valence-electron chi connectivity index (χ0n) is 17.8. The van der Waals surface area contributed by atoms with Crippen molar-refractivity contribution in [3.8, 4) is 5.75 Å². The first-order valence-corrected chi connectivity index (χ1v) is 10.8. The molecule has 0 atom stereocenters. The van der Waals surface area contributed by atoms with Gasteiger partial charge in [0.25, 0.3) is 10.0 Å². The van der Waals surface area contributed by atoms with Gasteiger partial charge in [0, 0.05) is 24.3 Å². The van der Waals surface area contributed by atoms with Crippen molar-refractivity contribution in [2.75, 3.05) is 11.9 Å². The summed E-state index contributed by atoms with van der Waals surface area (Å²) in [4.78, 5) is 25.7. The summed E-state index contributed by atoms with van der Waals surface area (Å²) in [6, 6.07) is 8.45. The van der Waals surface area contributed by atoms with Crippen LogP contribution in [-0.4, -0.2) is 39.0 Å². The van der Waals surface area contributed by atoms with Gasteiger partial charge in [-0.15, -0.1) is 0 Å². The zero-order valence-corrected chi connectivity index (χ0v) is 18.7. The minimum absolute atomic E-state index is 0.000720. The SMILES string of the molecule is CC(C)NC(=O)N(C)c1ccc(OC(=O)c2ccc(S(=O)(=O)NC(C)(C)C)o2)cc1. The Bertz CT molecular complexity index is 1000. The Kier molecular flexibility index (Phi) is 6.94. The third-order valence-corrected chi connectivity index (χ3v) is 5.27. The zero-order chi connectivity index (χ0) is 22.7. The van der Waals surface area contributed by atoms with Crippen molar-refractivity contribution in [1.29, 1.82) is 0 Å². The maximum atomic E-state index is 12.3. The lowest BCUT2D eigenvalue weighted by Gasteiger charge is -2.20. The monoisotopic (exact) mass is 437 g/mol. The van der Waals surface area contributed by atoms with Gasteiger partial charge in [-0.2, -0.15) is 0 Å². The van der Waals surface area contributed by atoms with Crippen LogP contribution in [0.5, 0.6) is 5.75 Å². The molecule has 164 valence electrons. The fourth-order valence-electron chi connectivity index (χ4n) is 2.38. The van der Waals surface area contributed by atoms with Crippen LogP contribution >= 0.6 is 0 Å². The average Bonchev–Trinajstić information content (AvgIpc) is 3.10. The lowest BCUT2D eigenvalue weighted by atomic mass is 10.1. The highest BCUT2D eigenvalue weighted by Gasteiger charge is 2.26. The first kappa shape index (κ1) is 23.4. The number of benzene rings is 1. The van der Waals surface area contributed by atoms with Crippen LogP contribution in [0.15, 0.2) is 45.9 Å². The molecule has 0 radical (unpaired) electrons. The van der Waals surface area contributed by atoms with Crippen LogP contribution in [-0.2, 0) is 10.0 Å². The summed E-state index contributed by atoms with van der Waals surface area (Å²) in [5, 5.41) is 2.40. The standard InChI is InChI=1S/C20H27N3O6S/c1-13(2)21-19(25)23(6)14-7-9-15(10-8-14)28-18(24)16-11-12-17(29-16)30(26,27)22-20(3,4)5/h7-13,22H,1-6H3,(H,21,25). The number of nitrogens with one attached hydrogen (secondary N) is 2. The fourth-order valence-corrected chi connectivity index (χ4v) is 3.74. The quantitative estimate of drug-likeness (QED) is 0.529. The molecule has 0 saturated carbocycles.